The Morgan fingerprint density at radius 2 is 1.79 bits per heavy atom. The van der Waals surface area contributed by atoms with E-state index in [-0.39, 0.29) is 17.9 Å². The molecule has 3 heterocycles. The van der Waals surface area contributed by atoms with E-state index in [1.165, 1.54) is 11.1 Å². The molecule has 0 spiro atoms. The van der Waals surface area contributed by atoms with Crippen molar-refractivity contribution in [3.63, 3.8) is 0 Å². The molecule has 4 aliphatic rings. The maximum Gasteiger partial charge on any atom is 0.314 e. The summed E-state index contributed by atoms with van der Waals surface area (Å²) in [4.78, 5) is 14.2. The smallest absolute Gasteiger partial charge is 0.314 e. The Balaban J connectivity index is 1.36. The number of esters is 1. The van der Waals surface area contributed by atoms with Crippen LogP contribution in [0, 0.1) is 16.7 Å². The fourth-order valence-electron chi connectivity index (χ4n) is 7.91. The molecule has 2 aliphatic carbocycles. The Hall–Kier alpha value is -1.87. The summed E-state index contributed by atoms with van der Waals surface area (Å²) in [7, 11) is 0. The molecule has 0 aromatic carbocycles. The van der Waals surface area contributed by atoms with Gasteiger partial charge in [-0.3, -0.25) is 4.79 Å². The average Bonchev–Trinajstić information content (AvgIpc) is 3.50. The molecule has 0 radical (unpaired) electrons. The molecule has 242 valence electrons. The summed E-state index contributed by atoms with van der Waals surface area (Å²) in [5.41, 5.74) is 2.70. The lowest BCUT2D eigenvalue weighted by molar-refractivity contribution is -0.352. The van der Waals surface area contributed by atoms with Crippen LogP contribution in [0.25, 0.3) is 0 Å². The summed E-state index contributed by atoms with van der Waals surface area (Å²) in [6.45, 7) is 5.31. The number of allylic oxidation sites excluding steroid dienone is 2. The molecule has 12 atom stereocenters. The fourth-order valence-corrected chi connectivity index (χ4v) is 7.91. The van der Waals surface area contributed by atoms with Crippen LogP contribution in [0.2, 0.25) is 0 Å². The van der Waals surface area contributed by atoms with Crippen molar-refractivity contribution in [2.75, 3.05) is 13.2 Å². The van der Waals surface area contributed by atoms with Gasteiger partial charge in [-0.15, -0.1) is 0 Å². The normalized spacial score (nSPS) is 43.7. The van der Waals surface area contributed by atoms with Gasteiger partial charge in [-0.05, 0) is 75.3 Å². The molecule has 6 N–H and O–H groups in total. The van der Waals surface area contributed by atoms with Gasteiger partial charge in [-0.2, -0.15) is 0 Å². The predicted octanol–water partition coefficient (Wildman–Crippen LogP) is 0.942. The van der Waals surface area contributed by atoms with E-state index in [2.05, 4.69) is 13.8 Å². The Labute approximate surface area is 251 Å². The zero-order chi connectivity index (χ0) is 31.1. The Morgan fingerprint density at radius 1 is 1.02 bits per heavy atom. The van der Waals surface area contributed by atoms with E-state index in [0.29, 0.717) is 6.42 Å². The zero-order valence-corrected chi connectivity index (χ0v) is 25.0. The predicted molar refractivity (Wildman–Crippen MR) is 149 cm³/mol. The molecule has 0 amide bonds. The first-order valence-corrected chi connectivity index (χ1v) is 15.3. The van der Waals surface area contributed by atoms with E-state index in [4.69, 9.17) is 23.4 Å². The lowest BCUT2D eigenvalue weighted by atomic mass is 9.49. The van der Waals surface area contributed by atoms with Gasteiger partial charge in [0.05, 0.1) is 31.2 Å². The van der Waals surface area contributed by atoms with Crippen LogP contribution in [0.5, 0.6) is 0 Å². The Kier molecular flexibility index (Phi) is 9.72. The zero-order valence-electron chi connectivity index (χ0n) is 25.0. The largest absolute Gasteiger partial charge is 0.472 e. The van der Waals surface area contributed by atoms with Gasteiger partial charge in [0.15, 0.2) is 12.4 Å². The summed E-state index contributed by atoms with van der Waals surface area (Å²) in [5, 5.41) is 61.6. The molecule has 43 heavy (non-hydrogen) atoms. The topological polar surface area (TPSA) is 189 Å². The maximum absolute atomic E-state index is 14.2. The number of fused-ring (bicyclic) bond motifs is 1. The minimum atomic E-state index is -1.69. The molecule has 2 aliphatic heterocycles. The molecular formula is C31H46O12. The first-order chi connectivity index (χ1) is 20.4. The standard InChI is InChI=1S/C31H46O12/c1-16-5-8-21-30(2,18(16)7-6-17-9-12-39-14-17)10-4-11-31(21,3)29(38)43-28-26(24(36)23(35)20(13-32)41-28)42-27-25(37)22(34)19(33)15-40-27/h9,12,14,19-28,32-37H,4-8,10-11,13,15H2,1-3H3/t19-,20-,21?,22+,23-,24+,25-,26-,27+,28+,30-,31+/m1/s1. The van der Waals surface area contributed by atoms with Crippen LogP contribution in [-0.2, 0) is 30.2 Å². The molecule has 1 unspecified atom stereocenters. The van der Waals surface area contributed by atoms with Crippen LogP contribution in [0.15, 0.2) is 34.2 Å². The fraction of sp³-hybridized carbons (Fsp3) is 0.774. The first kappa shape index (κ1) is 32.5. The Morgan fingerprint density at radius 3 is 2.49 bits per heavy atom. The highest BCUT2D eigenvalue weighted by Gasteiger charge is 2.58. The summed E-state index contributed by atoms with van der Waals surface area (Å²) >= 11 is 0. The van der Waals surface area contributed by atoms with Gasteiger partial charge in [0.1, 0.15) is 36.6 Å². The van der Waals surface area contributed by atoms with Crippen LogP contribution in [0.4, 0.5) is 0 Å². The SMILES string of the molecule is CC1=C(CCc2ccoc2)[C@@]2(C)CCC[C@](C)(C(=O)O[C@@H]3O[C@H](CO)[C@@H](O)[C@H](O)[C@H]3O[C@@H]3OC[C@@H](O)[C@H](O)[C@H]3O)C2CC1. The highest BCUT2D eigenvalue weighted by Crippen LogP contribution is 2.61. The third kappa shape index (κ3) is 6.06. The third-order valence-corrected chi connectivity index (χ3v) is 10.4. The molecule has 5 rings (SSSR count). The molecule has 3 fully saturated rings. The monoisotopic (exact) mass is 610 g/mol. The molecule has 12 nitrogen and oxygen atoms in total. The quantitative estimate of drug-likeness (QED) is 0.181. The molecule has 1 saturated carbocycles. The third-order valence-electron chi connectivity index (χ3n) is 10.4. The number of aliphatic hydroxyl groups excluding tert-OH is 6. The van der Waals surface area contributed by atoms with Crippen molar-refractivity contribution in [3.05, 3.63) is 35.3 Å². The van der Waals surface area contributed by atoms with Crippen LogP contribution in [-0.4, -0.2) is 105 Å². The van der Waals surface area contributed by atoms with Gasteiger partial charge in [0.25, 0.3) is 0 Å². The highest BCUT2D eigenvalue weighted by atomic mass is 16.8. The first-order valence-electron chi connectivity index (χ1n) is 15.3. The van der Waals surface area contributed by atoms with Gasteiger partial charge < -0.3 is 54.0 Å². The highest BCUT2D eigenvalue weighted by molar-refractivity contribution is 5.77. The average molecular weight is 611 g/mol. The lowest BCUT2D eigenvalue weighted by Crippen LogP contribution is -2.64. The van der Waals surface area contributed by atoms with Gasteiger partial charge >= 0.3 is 5.97 Å². The Bertz CT molecular complexity index is 1140. The second-order valence-electron chi connectivity index (χ2n) is 13.1. The van der Waals surface area contributed by atoms with Gasteiger partial charge in [0.2, 0.25) is 6.29 Å². The number of carbonyl (C=O) groups is 1. The molecule has 0 bridgehead atoms. The van der Waals surface area contributed by atoms with Crippen molar-refractivity contribution in [1.29, 1.82) is 0 Å². The number of ether oxygens (including phenoxy) is 4. The van der Waals surface area contributed by atoms with E-state index < -0.39 is 73.3 Å². The van der Waals surface area contributed by atoms with Crippen molar-refractivity contribution in [3.8, 4) is 0 Å². The maximum atomic E-state index is 14.2. The molecule has 2 saturated heterocycles. The van der Waals surface area contributed by atoms with Gasteiger partial charge in [0, 0.05) is 0 Å². The van der Waals surface area contributed by atoms with Gasteiger partial charge in [-0.1, -0.05) is 24.5 Å². The van der Waals surface area contributed by atoms with Crippen molar-refractivity contribution in [2.24, 2.45) is 16.7 Å². The number of furan rings is 1. The summed E-state index contributed by atoms with van der Waals surface area (Å²) in [6.07, 6.45) is -4.66. The van der Waals surface area contributed by atoms with E-state index in [1.807, 2.05) is 13.0 Å². The summed E-state index contributed by atoms with van der Waals surface area (Å²) < 4.78 is 28.0. The molecular weight excluding hydrogens is 564 g/mol. The molecule has 1 aromatic heterocycles. The second kappa shape index (κ2) is 12.9. The number of aliphatic hydroxyl groups is 6. The number of hydrogen-bond donors (Lipinski definition) is 6. The minimum absolute atomic E-state index is 0.0310. The van der Waals surface area contributed by atoms with Crippen molar-refractivity contribution < 1.29 is 58.8 Å². The number of hydrogen-bond acceptors (Lipinski definition) is 12. The number of rotatable bonds is 8. The van der Waals surface area contributed by atoms with E-state index in [1.54, 1.807) is 12.5 Å². The van der Waals surface area contributed by atoms with Crippen molar-refractivity contribution in [1.82, 2.24) is 0 Å². The van der Waals surface area contributed by atoms with Crippen molar-refractivity contribution >= 4 is 5.97 Å². The van der Waals surface area contributed by atoms with Gasteiger partial charge in [-0.25, -0.2) is 0 Å². The summed E-state index contributed by atoms with van der Waals surface area (Å²) in [5.74, 6) is -0.576. The number of aryl methyl sites for hydroxylation is 1. The van der Waals surface area contributed by atoms with Crippen LogP contribution in [0.3, 0.4) is 0 Å². The van der Waals surface area contributed by atoms with Crippen LogP contribution < -0.4 is 0 Å². The van der Waals surface area contributed by atoms with E-state index >= 15 is 0 Å². The second-order valence-corrected chi connectivity index (χ2v) is 13.1. The molecule has 1 aromatic rings. The van der Waals surface area contributed by atoms with Crippen LogP contribution >= 0.6 is 0 Å². The lowest BCUT2D eigenvalue weighted by Gasteiger charge is -2.55. The number of carbonyl (C=O) groups excluding carboxylic acids is 1. The van der Waals surface area contributed by atoms with Crippen LogP contribution in [0.1, 0.15) is 64.9 Å². The summed E-state index contributed by atoms with van der Waals surface area (Å²) in [6, 6.07) is 1.97. The minimum Gasteiger partial charge on any atom is -0.472 e. The van der Waals surface area contributed by atoms with Crippen molar-refractivity contribution in [2.45, 2.75) is 121 Å². The van der Waals surface area contributed by atoms with E-state index in [9.17, 15) is 35.4 Å². The van der Waals surface area contributed by atoms with E-state index in [0.717, 1.165) is 44.1 Å². The molecule has 12 heteroatoms.